The highest BCUT2D eigenvalue weighted by Crippen LogP contribution is 2.19. The summed E-state index contributed by atoms with van der Waals surface area (Å²) in [5.41, 5.74) is 0.617. The van der Waals surface area contributed by atoms with Gasteiger partial charge >= 0.3 is 0 Å². The van der Waals surface area contributed by atoms with Gasteiger partial charge in [0.05, 0.1) is 13.7 Å². The molecule has 2 aromatic heterocycles. The number of hydrogen-bond acceptors (Lipinski definition) is 8. The fourth-order valence-corrected chi connectivity index (χ4v) is 1.81. The first kappa shape index (κ1) is 12.7. The largest absolute Gasteiger partial charge is 0.480 e. The SMILES string of the molecule is COCCNc1nc(-c2ccc(OC)nn2)ns1. The summed E-state index contributed by atoms with van der Waals surface area (Å²) >= 11 is 1.28. The van der Waals surface area contributed by atoms with Gasteiger partial charge in [-0.25, -0.2) is 0 Å². The van der Waals surface area contributed by atoms with Crippen molar-refractivity contribution in [1.82, 2.24) is 19.6 Å². The standard InChI is InChI=1S/C10H13N5O2S/c1-16-6-5-11-10-12-9(15-18-10)7-3-4-8(17-2)14-13-7/h3-4H,5-6H2,1-2H3,(H,11,12,15). The van der Waals surface area contributed by atoms with Crippen LogP contribution in [0.2, 0.25) is 0 Å². The van der Waals surface area contributed by atoms with Crippen LogP contribution in [-0.4, -0.2) is 46.9 Å². The average molecular weight is 267 g/mol. The normalized spacial score (nSPS) is 10.3. The zero-order valence-corrected chi connectivity index (χ0v) is 10.9. The molecule has 2 heterocycles. The van der Waals surface area contributed by atoms with E-state index in [1.807, 2.05) is 0 Å². The highest BCUT2D eigenvalue weighted by molar-refractivity contribution is 7.09. The number of hydrogen-bond donors (Lipinski definition) is 1. The Balaban J connectivity index is 2.04. The Labute approximate surface area is 108 Å². The second kappa shape index (κ2) is 6.22. The van der Waals surface area contributed by atoms with Gasteiger partial charge in [-0.15, -0.1) is 10.2 Å². The van der Waals surface area contributed by atoms with Gasteiger partial charge in [0.2, 0.25) is 11.0 Å². The molecule has 8 heteroatoms. The lowest BCUT2D eigenvalue weighted by Gasteiger charge is -1.99. The topological polar surface area (TPSA) is 82.0 Å². The molecule has 0 spiro atoms. The predicted octanol–water partition coefficient (Wildman–Crippen LogP) is 1.06. The fourth-order valence-electron chi connectivity index (χ4n) is 1.21. The second-order valence-electron chi connectivity index (χ2n) is 3.30. The Morgan fingerprint density at radius 1 is 1.28 bits per heavy atom. The first-order valence-electron chi connectivity index (χ1n) is 5.28. The van der Waals surface area contributed by atoms with Crippen LogP contribution in [0.4, 0.5) is 5.13 Å². The predicted molar refractivity (Wildman–Crippen MR) is 67.9 cm³/mol. The van der Waals surface area contributed by atoms with Gasteiger partial charge in [0.1, 0.15) is 5.69 Å². The van der Waals surface area contributed by atoms with Gasteiger partial charge in [-0.05, 0) is 6.07 Å². The van der Waals surface area contributed by atoms with Crippen molar-refractivity contribution in [1.29, 1.82) is 0 Å². The molecule has 0 bridgehead atoms. The van der Waals surface area contributed by atoms with Crippen LogP contribution in [0.25, 0.3) is 11.5 Å². The molecule has 0 saturated carbocycles. The summed E-state index contributed by atoms with van der Waals surface area (Å²) in [5.74, 6) is 1.02. The molecule has 0 aliphatic carbocycles. The van der Waals surface area contributed by atoms with E-state index in [1.165, 1.54) is 11.5 Å². The van der Waals surface area contributed by atoms with Crippen molar-refractivity contribution in [3.63, 3.8) is 0 Å². The molecule has 0 atom stereocenters. The Morgan fingerprint density at radius 3 is 2.83 bits per heavy atom. The Bertz CT molecular complexity index is 487. The molecule has 18 heavy (non-hydrogen) atoms. The van der Waals surface area contributed by atoms with E-state index in [-0.39, 0.29) is 0 Å². The molecule has 2 rings (SSSR count). The molecule has 0 unspecified atom stereocenters. The lowest BCUT2D eigenvalue weighted by molar-refractivity contribution is 0.211. The molecule has 2 aromatic rings. The lowest BCUT2D eigenvalue weighted by Crippen LogP contribution is -2.07. The van der Waals surface area contributed by atoms with Gasteiger partial charge in [0.15, 0.2) is 5.82 Å². The lowest BCUT2D eigenvalue weighted by atomic mass is 10.4. The molecule has 0 aliphatic heterocycles. The van der Waals surface area contributed by atoms with Crippen LogP contribution < -0.4 is 10.1 Å². The molecular weight excluding hydrogens is 254 g/mol. The molecule has 0 fully saturated rings. The van der Waals surface area contributed by atoms with Gasteiger partial charge < -0.3 is 14.8 Å². The summed E-state index contributed by atoms with van der Waals surface area (Å²) in [6.07, 6.45) is 0. The van der Waals surface area contributed by atoms with Crippen LogP contribution in [0.5, 0.6) is 5.88 Å². The van der Waals surface area contributed by atoms with Crippen molar-refractivity contribution < 1.29 is 9.47 Å². The number of aromatic nitrogens is 4. The third kappa shape index (κ3) is 3.11. The van der Waals surface area contributed by atoms with Crippen LogP contribution in [0.3, 0.4) is 0 Å². The third-order valence-corrected chi connectivity index (χ3v) is 2.76. The van der Waals surface area contributed by atoms with Crippen LogP contribution in [0.15, 0.2) is 12.1 Å². The van der Waals surface area contributed by atoms with Crippen molar-refractivity contribution in [3.8, 4) is 17.4 Å². The monoisotopic (exact) mass is 267 g/mol. The number of nitrogens with zero attached hydrogens (tertiary/aromatic N) is 4. The van der Waals surface area contributed by atoms with Crippen LogP contribution in [0, 0.1) is 0 Å². The third-order valence-electron chi connectivity index (χ3n) is 2.09. The van der Waals surface area contributed by atoms with Crippen molar-refractivity contribution in [2.75, 3.05) is 32.7 Å². The van der Waals surface area contributed by atoms with Crippen molar-refractivity contribution in [2.24, 2.45) is 0 Å². The molecule has 7 nitrogen and oxygen atoms in total. The maximum Gasteiger partial charge on any atom is 0.233 e. The zero-order chi connectivity index (χ0) is 12.8. The van der Waals surface area contributed by atoms with E-state index in [4.69, 9.17) is 9.47 Å². The quantitative estimate of drug-likeness (QED) is 0.784. The maximum absolute atomic E-state index is 4.94. The van der Waals surface area contributed by atoms with Crippen LogP contribution >= 0.6 is 11.5 Å². The second-order valence-corrected chi connectivity index (χ2v) is 4.06. The van der Waals surface area contributed by atoms with Crippen LogP contribution in [-0.2, 0) is 4.74 Å². The number of anilines is 1. The van der Waals surface area contributed by atoms with Gasteiger partial charge in [-0.2, -0.15) is 9.36 Å². The van der Waals surface area contributed by atoms with Crippen molar-refractivity contribution >= 4 is 16.7 Å². The molecule has 0 aliphatic rings. The molecule has 1 N–H and O–H groups in total. The Hall–Kier alpha value is -1.80. The molecule has 96 valence electrons. The summed E-state index contributed by atoms with van der Waals surface area (Å²) in [6, 6.07) is 3.49. The van der Waals surface area contributed by atoms with Gasteiger partial charge in [-0.3, -0.25) is 0 Å². The highest BCUT2D eigenvalue weighted by Gasteiger charge is 2.08. The van der Waals surface area contributed by atoms with Gasteiger partial charge in [0, 0.05) is 31.3 Å². The first-order valence-corrected chi connectivity index (χ1v) is 6.05. The van der Waals surface area contributed by atoms with Crippen LogP contribution in [0.1, 0.15) is 0 Å². The van der Waals surface area contributed by atoms with Crippen molar-refractivity contribution in [2.45, 2.75) is 0 Å². The number of ether oxygens (including phenoxy) is 2. The van der Waals surface area contributed by atoms with Crippen molar-refractivity contribution in [3.05, 3.63) is 12.1 Å². The number of methoxy groups -OCH3 is 2. The fraction of sp³-hybridized carbons (Fsp3) is 0.400. The van der Waals surface area contributed by atoms with E-state index >= 15 is 0 Å². The van der Waals surface area contributed by atoms with Gasteiger partial charge in [0.25, 0.3) is 0 Å². The first-order chi connectivity index (χ1) is 8.83. The summed E-state index contributed by atoms with van der Waals surface area (Å²) < 4.78 is 14.1. The van der Waals surface area contributed by atoms with E-state index in [2.05, 4.69) is 24.9 Å². The van der Waals surface area contributed by atoms with Gasteiger partial charge in [-0.1, -0.05) is 0 Å². The molecule has 0 amide bonds. The summed E-state index contributed by atoms with van der Waals surface area (Å²) in [6.45, 7) is 1.32. The maximum atomic E-state index is 4.94. The minimum Gasteiger partial charge on any atom is -0.480 e. The van der Waals surface area contributed by atoms with E-state index < -0.39 is 0 Å². The summed E-state index contributed by atoms with van der Waals surface area (Å²) in [4.78, 5) is 4.31. The molecule has 0 saturated heterocycles. The average Bonchev–Trinajstić information content (AvgIpc) is 2.88. The highest BCUT2D eigenvalue weighted by atomic mass is 32.1. The Kier molecular flexibility index (Phi) is 4.37. The van der Waals surface area contributed by atoms with E-state index in [0.29, 0.717) is 30.5 Å². The van der Waals surface area contributed by atoms with E-state index in [9.17, 15) is 0 Å². The number of nitrogens with one attached hydrogen (secondary N) is 1. The zero-order valence-electron chi connectivity index (χ0n) is 10.1. The summed E-state index contributed by atoms with van der Waals surface area (Å²) in [5, 5.41) is 11.7. The summed E-state index contributed by atoms with van der Waals surface area (Å²) in [7, 11) is 3.20. The van der Waals surface area contributed by atoms with E-state index in [0.717, 1.165) is 5.13 Å². The molecule has 0 radical (unpaired) electrons. The Morgan fingerprint density at radius 2 is 2.17 bits per heavy atom. The minimum atomic E-state index is 0.465. The van der Waals surface area contributed by atoms with E-state index in [1.54, 1.807) is 26.4 Å². The smallest absolute Gasteiger partial charge is 0.233 e. The molecular formula is C10H13N5O2S. The minimum absolute atomic E-state index is 0.465. The number of rotatable bonds is 6. The molecule has 0 aromatic carbocycles.